The fourth-order valence-corrected chi connectivity index (χ4v) is 2.12. The summed E-state index contributed by atoms with van der Waals surface area (Å²) in [6.07, 6.45) is 0. The topological polar surface area (TPSA) is 75.6 Å². The Morgan fingerprint density at radius 2 is 1.77 bits per heavy atom. The van der Waals surface area contributed by atoms with Crippen molar-refractivity contribution in [1.82, 2.24) is 5.32 Å². The molecule has 0 aliphatic heterocycles. The Kier molecular flexibility index (Phi) is 4.35. The van der Waals surface area contributed by atoms with E-state index >= 15 is 0 Å². The average molecular weight is 301 g/mol. The zero-order valence-corrected chi connectivity index (χ0v) is 12.8. The lowest BCUT2D eigenvalue weighted by Crippen LogP contribution is -2.38. The highest BCUT2D eigenvalue weighted by atomic mass is 16.5. The van der Waals surface area contributed by atoms with E-state index in [-0.39, 0.29) is 12.5 Å². The molecule has 0 atom stereocenters. The van der Waals surface area contributed by atoms with Crippen LogP contribution in [0.15, 0.2) is 36.4 Å². The third-order valence-corrected chi connectivity index (χ3v) is 3.62. The van der Waals surface area contributed by atoms with Crippen molar-refractivity contribution in [2.45, 2.75) is 13.8 Å². The lowest BCUT2D eigenvalue weighted by Gasteiger charge is -2.20. The number of hydrogen-bond donors (Lipinski definition) is 2. The van der Waals surface area contributed by atoms with Crippen molar-refractivity contribution in [3.05, 3.63) is 42.0 Å². The molecule has 0 aliphatic rings. The molecule has 0 spiro atoms. The number of nitrogens with one attached hydrogen (secondary N) is 1. The molecule has 0 saturated heterocycles. The maximum Gasteiger partial charge on any atom is 0.310 e. The lowest BCUT2D eigenvalue weighted by atomic mass is 9.93. The van der Waals surface area contributed by atoms with Crippen LogP contribution < -0.4 is 10.1 Å². The molecule has 0 unspecified atom stereocenters. The molecule has 0 aromatic heterocycles. The number of carboxylic acids is 1. The summed E-state index contributed by atoms with van der Waals surface area (Å²) in [4.78, 5) is 23.5. The summed E-state index contributed by atoms with van der Waals surface area (Å²) < 4.78 is 5.30. The number of amides is 1. The molecule has 22 heavy (non-hydrogen) atoms. The summed E-state index contributed by atoms with van der Waals surface area (Å²) in [6, 6.07) is 10.9. The first-order chi connectivity index (χ1) is 10.4. The molecule has 0 aliphatic carbocycles. The van der Waals surface area contributed by atoms with E-state index in [1.54, 1.807) is 33.1 Å². The van der Waals surface area contributed by atoms with E-state index in [2.05, 4.69) is 5.32 Å². The van der Waals surface area contributed by atoms with Crippen molar-refractivity contribution in [3.63, 3.8) is 0 Å². The van der Waals surface area contributed by atoms with E-state index in [0.717, 1.165) is 10.8 Å². The Morgan fingerprint density at radius 3 is 2.36 bits per heavy atom. The summed E-state index contributed by atoms with van der Waals surface area (Å²) in [7, 11) is 1.58. The van der Waals surface area contributed by atoms with Crippen LogP contribution in [0.1, 0.15) is 24.2 Å². The number of rotatable bonds is 5. The quantitative estimate of drug-likeness (QED) is 0.890. The average Bonchev–Trinajstić information content (AvgIpc) is 2.51. The highest BCUT2D eigenvalue weighted by Crippen LogP contribution is 2.28. The van der Waals surface area contributed by atoms with Crippen LogP contribution >= 0.6 is 0 Å². The number of fused-ring (bicyclic) bond motifs is 1. The van der Waals surface area contributed by atoms with Gasteiger partial charge in [-0.3, -0.25) is 9.59 Å². The molecule has 0 bridgehead atoms. The second kappa shape index (κ2) is 6.05. The van der Waals surface area contributed by atoms with Gasteiger partial charge in [0.1, 0.15) is 5.75 Å². The molecule has 0 fully saturated rings. The number of carbonyl (C=O) groups is 2. The van der Waals surface area contributed by atoms with Crippen LogP contribution in [0.5, 0.6) is 5.75 Å². The molecule has 0 radical (unpaired) electrons. The van der Waals surface area contributed by atoms with Gasteiger partial charge in [0.15, 0.2) is 0 Å². The highest BCUT2D eigenvalue weighted by Gasteiger charge is 2.28. The molecule has 0 saturated carbocycles. The van der Waals surface area contributed by atoms with E-state index in [1.165, 1.54) is 0 Å². The minimum Gasteiger partial charge on any atom is -0.496 e. The zero-order chi connectivity index (χ0) is 16.3. The Morgan fingerprint density at radius 1 is 1.14 bits per heavy atom. The molecule has 0 heterocycles. The van der Waals surface area contributed by atoms with Crippen LogP contribution in [-0.4, -0.2) is 30.6 Å². The molecule has 5 nitrogen and oxygen atoms in total. The molecule has 2 aromatic carbocycles. The smallest absolute Gasteiger partial charge is 0.310 e. The molecular formula is C17H19NO4. The van der Waals surface area contributed by atoms with Gasteiger partial charge < -0.3 is 15.2 Å². The van der Waals surface area contributed by atoms with Crippen molar-refractivity contribution in [2.75, 3.05) is 13.7 Å². The Bertz CT molecular complexity index is 722. The minimum absolute atomic E-state index is 0.0571. The third kappa shape index (κ3) is 3.03. The van der Waals surface area contributed by atoms with Gasteiger partial charge in [0.2, 0.25) is 0 Å². The van der Waals surface area contributed by atoms with Crippen molar-refractivity contribution in [3.8, 4) is 5.75 Å². The predicted molar refractivity (Wildman–Crippen MR) is 84.3 cm³/mol. The van der Waals surface area contributed by atoms with Gasteiger partial charge >= 0.3 is 5.97 Å². The second-order valence-corrected chi connectivity index (χ2v) is 5.73. The fraction of sp³-hybridized carbons (Fsp3) is 0.294. The van der Waals surface area contributed by atoms with Crippen LogP contribution in [0, 0.1) is 5.41 Å². The number of ether oxygens (including phenoxy) is 1. The monoisotopic (exact) mass is 301 g/mol. The van der Waals surface area contributed by atoms with Crippen molar-refractivity contribution in [1.29, 1.82) is 0 Å². The summed E-state index contributed by atoms with van der Waals surface area (Å²) in [5, 5.41) is 13.4. The maximum absolute atomic E-state index is 12.4. The lowest BCUT2D eigenvalue weighted by molar-refractivity contribution is -0.146. The highest BCUT2D eigenvalue weighted by molar-refractivity contribution is 6.08. The molecule has 5 heteroatoms. The number of benzene rings is 2. The van der Waals surface area contributed by atoms with E-state index < -0.39 is 11.4 Å². The van der Waals surface area contributed by atoms with Crippen molar-refractivity contribution in [2.24, 2.45) is 5.41 Å². The van der Waals surface area contributed by atoms with Crippen LogP contribution in [0.4, 0.5) is 0 Å². The van der Waals surface area contributed by atoms with Gasteiger partial charge in [-0.05, 0) is 31.4 Å². The molecule has 116 valence electrons. The SMILES string of the molecule is COc1ccc(C(=O)NCC(C)(C)C(=O)O)c2ccccc12. The minimum atomic E-state index is -1.02. The van der Waals surface area contributed by atoms with E-state index in [1.807, 2.05) is 24.3 Å². The number of aliphatic carboxylic acids is 1. The summed E-state index contributed by atoms with van der Waals surface area (Å²) in [5.74, 6) is -0.557. The molecule has 1 amide bonds. The van der Waals surface area contributed by atoms with E-state index in [0.29, 0.717) is 11.3 Å². The van der Waals surface area contributed by atoms with Crippen molar-refractivity contribution >= 4 is 22.6 Å². The number of carboxylic acid groups (broad SMARTS) is 1. The zero-order valence-electron chi connectivity index (χ0n) is 12.8. The van der Waals surface area contributed by atoms with E-state index in [9.17, 15) is 9.59 Å². The third-order valence-electron chi connectivity index (χ3n) is 3.62. The first kappa shape index (κ1) is 15.8. The first-order valence-corrected chi connectivity index (χ1v) is 6.94. The predicted octanol–water partition coefficient (Wildman–Crippen LogP) is 2.69. The molecular weight excluding hydrogens is 282 g/mol. The van der Waals surface area contributed by atoms with Gasteiger partial charge in [0.25, 0.3) is 5.91 Å². The van der Waals surface area contributed by atoms with Crippen LogP contribution in [0.3, 0.4) is 0 Å². The van der Waals surface area contributed by atoms with Gasteiger partial charge in [0.05, 0.1) is 12.5 Å². The van der Waals surface area contributed by atoms with Gasteiger partial charge in [-0.15, -0.1) is 0 Å². The van der Waals surface area contributed by atoms with Gasteiger partial charge in [-0.25, -0.2) is 0 Å². The van der Waals surface area contributed by atoms with Gasteiger partial charge in [-0.1, -0.05) is 24.3 Å². The second-order valence-electron chi connectivity index (χ2n) is 5.73. The van der Waals surface area contributed by atoms with Crippen LogP contribution in [0.25, 0.3) is 10.8 Å². The van der Waals surface area contributed by atoms with Crippen LogP contribution in [0.2, 0.25) is 0 Å². The summed E-state index contributed by atoms with van der Waals surface area (Å²) in [5.41, 5.74) is -0.518. The van der Waals surface area contributed by atoms with Gasteiger partial charge in [-0.2, -0.15) is 0 Å². The molecule has 2 rings (SSSR count). The van der Waals surface area contributed by atoms with E-state index in [4.69, 9.17) is 9.84 Å². The first-order valence-electron chi connectivity index (χ1n) is 6.94. The Balaban J connectivity index is 2.31. The number of methoxy groups -OCH3 is 1. The largest absolute Gasteiger partial charge is 0.496 e. The number of hydrogen-bond acceptors (Lipinski definition) is 3. The van der Waals surface area contributed by atoms with Crippen LogP contribution in [-0.2, 0) is 4.79 Å². The fourth-order valence-electron chi connectivity index (χ4n) is 2.12. The Labute approximate surface area is 128 Å². The standard InChI is InChI=1S/C17H19NO4/c1-17(2,16(20)21)10-18-15(19)13-8-9-14(22-3)12-7-5-4-6-11(12)13/h4-9H,10H2,1-3H3,(H,18,19)(H,20,21). The maximum atomic E-state index is 12.4. The number of carbonyl (C=O) groups excluding carboxylic acids is 1. The molecule has 2 aromatic rings. The van der Waals surface area contributed by atoms with Gasteiger partial charge in [0, 0.05) is 17.5 Å². The molecule has 2 N–H and O–H groups in total. The summed E-state index contributed by atoms with van der Waals surface area (Å²) in [6.45, 7) is 3.20. The van der Waals surface area contributed by atoms with Crippen molar-refractivity contribution < 1.29 is 19.4 Å². The summed E-state index contributed by atoms with van der Waals surface area (Å²) >= 11 is 0. The Hall–Kier alpha value is -2.56. The normalized spacial score (nSPS) is 11.2.